The van der Waals surface area contributed by atoms with Gasteiger partial charge in [-0.3, -0.25) is 4.79 Å². The van der Waals surface area contributed by atoms with Gasteiger partial charge in [0.25, 0.3) is 0 Å². The molecule has 0 fully saturated rings. The lowest BCUT2D eigenvalue weighted by atomic mass is 10.1. The highest BCUT2D eigenvalue weighted by Gasteiger charge is 2.04. The zero-order chi connectivity index (χ0) is 13.7. The zero-order valence-corrected chi connectivity index (χ0v) is 11.7. The molecule has 0 bridgehead atoms. The molecule has 0 spiro atoms. The quantitative estimate of drug-likeness (QED) is 0.899. The summed E-state index contributed by atoms with van der Waals surface area (Å²) in [7, 11) is 0. The van der Waals surface area contributed by atoms with Crippen LogP contribution in [0.1, 0.15) is 5.56 Å². The van der Waals surface area contributed by atoms with Crippen molar-refractivity contribution in [1.29, 1.82) is 0 Å². The van der Waals surface area contributed by atoms with Crippen LogP contribution in [0.25, 0.3) is 5.69 Å². The Morgan fingerprint density at radius 3 is 2.68 bits per heavy atom. The molecule has 1 aromatic heterocycles. The van der Waals surface area contributed by atoms with Gasteiger partial charge in [0.2, 0.25) is 5.91 Å². The van der Waals surface area contributed by atoms with Gasteiger partial charge in [-0.2, -0.15) is 0 Å². The molecule has 0 aliphatic rings. The lowest BCUT2D eigenvalue weighted by molar-refractivity contribution is -0.120. The van der Waals surface area contributed by atoms with Gasteiger partial charge in [-0.25, -0.2) is 4.68 Å². The number of hydrogen-bond acceptors (Lipinski definition) is 4. The van der Waals surface area contributed by atoms with Crippen LogP contribution in [0.2, 0.25) is 0 Å². The number of nitrogens with zero attached hydrogens (tertiary/aromatic N) is 4. The first-order chi connectivity index (χ1) is 9.15. The van der Waals surface area contributed by atoms with Crippen molar-refractivity contribution in [3.63, 3.8) is 0 Å². The third kappa shape index (κ3) is 3.99. The molecule has 0 unspecified atom stereocenters. The van der Waals surface area contributed by atoms with E-state index >= 15 is 0 Å². The third-order valence-corrected chi connectivity index (χ3v) is 2.67. The molecule has 1 N–H and O–H groups in total. The average molecular weight is 322 g/mol. The van der Waals surface area contributed by atoms with Crippen LogP contribution in [0.3, 0.4) is 0 Å². The summed E-state index contributed by atoms with van der Waals surface area (Å²) in [6.07, 6.45) is 1.85. The van der Waals surface area contributed by atoms with Gasteiger partial charge in [0.05, 0.1) is 12.1 Å². The van der Waals surface area contributed by atoms with Gasteiger partial charge in [0.1, 0.15) is 6.33 Å². The summed E-state index contributed by atoms with van der Waals surface area (Å²) in [4.78, 5) is 11.6. The predicted octanol–water partition coefficient (Wildman–Crippen LogP) is 1.23. The Labute approximate surface area is 118 Å². The van der Waals surface area contributed by atoms with E-state index in [-0.39, 0.29) is 5.91 Å². The summed E-state index contributed by atoms with van der Waals surface area (Å²) in [5.41, 5.74) is 1.78. The van der Waals surface area contributed by atoms with E-state index in [1.54, 1.807) is 4.68 Å². The molecule has 0 saturated heterocycles. The van der Waals surface area contributed by atoms with Crippen LogP contribution in [0.4, 0.5) is 0 Å². The standard InChI is InChI=1S/C12H12BrN5O/c1-9(13)7-14-12(19)6-10-2-4-11(5-3-10)18-8-15-16-17-18/h2-5,8H,1,6-7H2,(H,14,19). The monoisotopic (exact) mass is 321 g/mol. The van der Waals surface area contributed by atoms with E-state index in [0.29, 0.717) is 13.0 Å². The summed E-state index contributed by atoms with van der Waals surface area (Å²) in [6.45, 7) is 4.09. The summed E-state index contributed by atoms with van der Waals surface area (Å²) in [6, 6.07) is 7.48. The second-order valence-electron chi connectivity index (χ2n) is 3.89. The maximum Gasteiger partial charge on any atom is 0.224 e. The van der Waals surface area contributed by atoms with Gasteiger partial charge >= 0.3 is 0 Å². The van der Waals surface area contributed by atoms with Gasteiger partial charge < -0.3 is 5.32 Å². The van der Waals surface area contributed by atoms with Crippen molar-refractivity contribution in [3.05, 3.63) is 47.2 Å². The molecule has 1 heterocycles. The molecule has 0 radical (unpaired) electrons. The summed E-state index contributed by atoms with van der Waals surface area (Å²) in [5, 5.41) is 13.7. The number of aromatic nitrogens is 4. The predicted molar refractivity (Wildman–Crippen MR) is 73.9 cm³/mol. The SMILES string of the molecule is C=C(Br)CNC(=O)Cc1ccc(-n2cnnn2)cc1. The summed E-state index contributed by atoms with van der Waals surface area (Å²) in [5.74, 6) is -0.0456. The Hall–Kier alpha value is -2.02. The van der Waals surface area contributed by atoms with Gasteiger partial charge in [-0.05, 0) is 28.1 Å². The first-order valence-electron chi connectivity index (χ1n) is 5.57. The van der Waals surface area contributed by atoms with E-state index in [1.807, 2.05) is 24.3 Å². The van der Waals surface area contributed by atoms with Crippen molar-refractivity contribution in [2.75, 3.05) is 6.54 Å². The number of carbonyl (C=O) groups is 1. The normalized spacial score (nSPS) is 10.2. The van der Waals surface area contributed by atoms with E-state index < -0.39 is 0 Å². The first-order valence-corrected chi connectivity index (χ1v) is 6.37. The molecule has 2 aromatic rings. The van der Waals surface area contributed by atoms with E-state index in [0.717, 1.165) is 15.7 Å². The Morgan fingerprint density at radius 2 is 2.11 bits per heavy atom. The van der Waals surface area contributed by atoms with E-state index in [9.17, 15) is 4.79 Å². The number of hydrogen-bond donors (Lipinski definition) is 1. The fourth-order valence-corrected chi connectivity index (χ4v) is 1.63. The van der Waals surface area contributed by atoms with Crippen LogP contribution >= 0.6 is 15.9 Å². The third-order valence-electron chi connectivity index (χ3n) is 2.39. The number of nitrogens with one attached hydrogen (secondary N) is 1. The van der Waals surface area contributed by atoms with Crippen LogP contribution < -0.4 is 5.32 Å². The van der Waals surface area contributed by atoms with E-state index in [4.69, 9.17) is 0 Å². The number of benzene rings is 1. The fraction of sp³-hybridized carbons (Fsp3) is 0.167. The molecule has 98 valence electrons. The Kier molecular flexibility index (Phi) is 4.40. The minimum atomic E-state index is -0.0456. The largest absolute Gasteiger partial charge is 0.351 e. The van der Waals surface area contributed by atoms with Gasteiger partial charge in [0, 0.05) is 11.0 Å². The molecule has 0 aliphatic heterocycles. The van der Waals surface area contributed by atoms with Crippen LogP contribution in [-0.4, -0.2) is 32.7 Å². The molecule has 1 aromatic carbocycles. The molecular weight excluding hydrogens is 310 g/mol. The molecule has 19 heavy (non-hydrogen) atoms. The Morgan fingerprint density at radius 1 is 1.37 bits per heavy atom. The number of halogens is 1. The average Bonchev–Trinajstić information content (AvgIpc) is 2.91. The number of tetrazole rings is 1. The fourth-order valence-electron chi connectivity index (χ4n) is 1.49. The number of carbonyl (C=O) groups excluding carboxylic acids is 1. The molecule has 0 aliphatic carbocycles. The molecule has 6 nitrogen and oxygen atoms in total. The van der Waals surface area contributed by atoms with Crippen molar-refractivity contribution in [3.8, 4) is 5.69 Å². The van der Waals surface area contributed by atoms with E-state index in [2.05, 4.69) is 43.4 Å². The minimum absolute atomic E-state index is 0.0456. The lowest BCUT2D eigenvalue weighted by Crippen LogP contribution is -2.26. The molecular formula is C12H12BrN5O. The second kappa shape index (κ2) is 6.24. The Bertz CT molecular complexity index is 564. The van der Waals surface area contributed by atoms with Crippen molar-refractivity contribution in [1.82, 2.24) is 25.5 Å². The smallest absolute Gasteiger partial charge is 0.224 e. The number of amides is 1. The summed E-state index contributed by atoms with van der Waals surface area (Å²) >= 11 is 3.19. The van der Waals surface area contributed by atoms with E-state index in [1.165, 1.54) is 6.33 Å². The second-order valence-corrected chi connectivity index (χ2v) is 5.01. The zero-order valence-electron chi connectivity index (χ0n) is 10.1. The number of rotatable bonds is 5. The highest BCUT2D eigenvalue weighted by molar-refractivity contribution is 9.11. The van der Waals surface area contributed by atoms with Crippen LogP contribution in [0.5, 0.6) is 0 Å². The van der Waals surface area contributed by atoms with Crippen LogP contribution in [0.15, 0.2) is 41.7 Å². The van der Waals surface area contributed by atoms with Crippen molar-refractivity contribution in [2.24, 2.45) is 0 Å². The summed E-state index contributed by atoms with van der Waals surface area (Å²) < 4.78 is 2.30. The van der Waals surface area contributed by atoms with Crippen molar-refractivity contribution < 1.29 is 4.79 Å². The van der Waals surface area contributed by atoms with Gasteiger partial charge in [-0.15, -0.1) is 5.10 Å². The van der Waals surface area contributed by atoms with Crippen LogP contribution in [0, 0.1) is 0 Å². The van der Waals surface area contributed by atoms with Gasteiger partial charge in [-0.1, -0.05) is 34.6 Å². The van der Waals surface area contributed by atoms with Crippen molar-refractivity contribution >= 4 is 21.8 Å². The molecule has 7 heteroatoms. The highest BCUT2D eigenvalue weighted by atomic mass is 79.9. The molecule has 0 saturated carbocycles. The topological polar surface area (TPSA) is 72.7 Å². The Balaban J connectivity index is 1.95. The molecule has 0 atom stereocenters. The maximum atomic E-state index is 11.6. The maximum absolute atomic E-state index is 11.6. The van der Waals surface area contributed by atoms with Gasteiger partial charge in [0.15, 0.2) is 0 Å². The first kappa shape index (κ1) is 13.4. The minimum Gasteiger partial charge on any atom is -0.351 e. The van der Waals surface area contributed by atoms with Crippen molar-refractivity contribution in [2.45, 2.75) is 6.42 Å². The van der Waals surface area contributed by atoms with Crippen LogP contribution in [-0.2, 0) is 11.2 Å². The highest BCUT2D eigenvalue weighted by Crippen LogP contribution is 2.08. The molecule has 1 amide bonds. The molecule has 2 rings (SSSR count). The lowest BCUT2D eigenvalue weighted by Gasteiger charge is -2.05.